The SMILES string of the molecule is NCCNN(CCN)NCCN. The molecule has 12 heavy (non-hydrogen) atoms. The van der Waals surface area contributed by atoms with E-state index < -0.39 is 0 Å². The van der Waals surface area contributed by atoms with Crippen LogP contribution in [-0.2, 0) is 0 Å². The van der Waals surface area contributed by atoms with E-state index in [9.17, 15) is 0 Å². The second kappa shape index (κ2) is 8.85. The number of hydrogen-bond acceptors (Lipinski definition) is 6. The normalized spacial score (nSPS) is 11.0. The van der Waals surface area contributed by atoms with Crippen LogP contribution in [0.15, 0.2) is 0 Å². The van der Waals surface area contributed by atoms with Crippen LogP contribution in [0.2, 0.25) is 0 Å². The third-order valence-electron chi connectivity index (χ3n) is 1.25. The first-order valence-corrected chi connectivity index (χ1v) is 4.20. The van der Waals surface area contributed by atoms with Gasteiger partial charge in [0.25, 0.3) is 0 Å². The van der Waals surface area contributed by atoms with E-state index in [2.05, 4.69) is 10.9 Å². The highest BCUT2D eigenvalue weighted by Gasteiger charge is 1.98. The van der Waals surface area contributed by atoms with Gasteiger partial charge < -0.3 is 17.2 Å². The van der Waals surface area contributed by atoms with Crippen molar-refractivity contribution in [2.24, 2.45) is 17.2 Å². The Morgan fingerprint density at radius 3 is 1.67 bits per heavy atom. The summed E-state index contributed by atoms with van der Waals surface area (Å²) >= 11 is 0. The molecule has 0 atom stereocenters. The van der Waals surface area contributed by atoms with Crippen LogP contribution >= 0.6 is 0 Å². The van der Waals surface area contributed by atoms with E-state index in [-0.39, 0.29) is 0 Å². The third kappa shape index (κ3) is 6.47. The van der Waals surface area contributed by atoms with E-state index in [1.165, 1.54) is 0 Å². The number of rotatable bonds is 8. The topological polar surface area (TPSA) is 105 Å². The van der Waals surface area contributed by atoms with Crippen LogP contribution < -0.4 is 28.1 Å². The molecule has 0 fully saturated rings. The van der Waals surface area contributed by atoms with Gasteiger partial charge in [0.15, 0.2) is 0 Å². The summed E-state index contributed by atoms with van der Waals surface area (Å²) in [4.78, 5) is 0. The zero-order valence-corrected chi connectivity index (χ0v) is 7.42. The first-order chi connectivity index (χ1) is 5.85. The zero-order valence-electron chi connectivity index (χ0n) is 7.42. The van der Waals surface area contributed by atoms with Gasteiger partial charge in [0.05, 0.1) is 0 Å². The number of nitrogens with zero attached hydrogens (tertiary/aromatic N) is 1. The van der Waals surface area contributed by atoms with Gasteiger partial charge in [-0.25, -0.2) is 10.9 Å². The summed E-state index contributed by atoms with van der Waals surface area (Å²) in [5, 5.41) is 1.82. The summed E-state index contributed by atoms with van der Waals surface area (Å²) < 4.78 is 0. The fraction of sp³-hybridized carbons (Fsp3) is 1.00. The van der Waals surface area contributed by atoms with Crippen LogP contribution in [0.5, 0.6) is 0 Å². The Morgan fingerprint density at radius 1 is 0.833 bits per heavy atom. The summed E-state index contributed by atoms with van der Waals surface area (Å²) in [7, 11) is 0. The molecule has 0 amide bonds. The fourth-order valence-electron chi connectivity index (χ4n) is 0.742. The lowest BCUT2D eigenvalue weighted by atomic mass is 10.6. The molecule has 0 radical (unpaired) electrons. The second-order valence-electron chi connectivity index (χ2n) is 2.33. The second-order valence-corrected chi connectivity index (χ2v) is 2.33. The molecule has 0 bridgehead atoms. The molecule has 0 aromatic rings. The minimum Gasteiger partial charge on any atom is -0.329 e. The van der Waals surface area contributed by atoms with Gasteiger partial charge >= 0.3 is 0 Å². The van der Waals surface area contributed by atoms with Crippen LogP contribution in [0.25, 0.3) is 0 Å². The van der Waals surface area contributed by atoms with E-state index in [0.29, 0.717) is 19.6 Å². The molecule has 0 saturated carbocycles. The van der Waals surface area contributed by atoms with Gasteiger partial charge in [-0.2, -0.15) is 5.12 Å². The van der Waals surface area contributed by atoms with Gasteiger partial charge in [-0.3, -0.25) is 0 Å². The van der Waals surface area contributed by atoms with Crippen molar-refractivity contribution in [2.75, 3.05) is 39.3 Å². The summed E-state index contributed by atoms with van der Waals surface area (Å²) in [6.45, 7) is 4.00. The van der Waals surface area contributed by atoms with Gasteiger partial charge in [-0.05, 0) is 0 Å². The smallest absolute Gasteiger partial charge is 0.0411 e. The molecule has 0 aromatic carbocycles. The summed E-state index contributed by atoms with van der Waals surface area (Å²) in [5.74, 6) is 0. The lowest BCUT2D eigenvalue weighted by Crippen LogP contribution is -2.52. The lowest BCUT2D eigenvalue weighted by molar-refractivity contribution is 0.122. The fourth-order valence-corrected chi connectivity index (χ4v) is 0.742. The molecule has 0 aliphatic rings. The van der Waals surface area contributed by atoms with Crippen LogP contribution in [0.1, 0.15) is 0 Å². The molecule has 6 heteroatoms. The highest BCUT2D eigenvalue weighted by atomic mass is 15.7. The van der Waals surface area contributed by atoms with E-state index in [0.717, 1.165) is 19.6 Å². The van der Waals surface area contributed by atoms with Crippen LogP contribution in [0.4, 0.5) is 0 Å². The summed E-state index contributed by atoms with van der Waals surface area (Å²) in [6.07, 6.45) is 0. The molecule has 6 nitrogen and oxygen atoms in total. The molecule has 0 rings (SSSR count). The molecule has 0 unspecified atom stereocenters. The molecule has 0 aliphatic heterocycles. The third-order valence-corrected chi connectivity index (χ3v) is 1.25. The standard InChI is InChI=1S/C6H20N6/c7-1-4-10-12(6-3-9)11-5-2-8/h10-11H,1-9H2. The number of nitrogens with one attached hydrogen (secondary N) is 2. The Hall–Kier alpha value is -0.240. The van der Waals surface area contributed by atoms with Crippen LogP contribution in [-0.4, -0.2) is 44.4 Å². The Kier molecular flexibility index (Phi) is 8.68. The van der Waals surface area contributed by atoms with Crippen molar-refractivity contribution >= 4 is 0 Å². The van der Waals surface area contributed by atoms with Gasteiger partial charge in [-0.1, -0.05) is 0 Å². The minimum atomic E-state index is 0.592. The van der Waals surface area contributed by atoms with Crippen molar-refractivity contribution in [3.8, 4) is 0 Å². The van der Waals surface area contributed by atoms with Gasteiger partial charge in [-0.15, -0.1) is 0 Å². The number of hydrazine groups is 2. The van der Waals surface area contributed by atoms with E-state index in [1.54, 1.807) is 0 Å². The first kappa shape index (κ1) is 11.8. The summed E-state index contributed by atoms with van der Waals surface area (Å²) in [5.41, 5.74) is 22.2. The molecule has 0 spiro atoms. The molecule has 0 heterocycles. The van der Waals surface area contributed by atoms with Crippen LogP contribution in [0.3, 0.4) is 0 Å². The van der Waals surface area contributed by atoms with Crippen molar-refractivity contribution in [1.82, 2.24) is 16.0 Å². The van der Waals surface area contributed by atoms with Crippen molar-refractivity contribution in [2.45, 2.75) is 0 Å². The maximum atomic E-state index is 5.39. The van der Waals surface area contributed by atoms with Crippen molar-refractivity contribution in [3.05, 3.63) is 0 Å². The Bertz CT molecular complexity index is 80.1. The molecule has 74 valence electrons. The van der Waals surface area contributed by atoms with E-state index in [1.807, 2.05) is 5.12 Å². The molecular formula is C6H20N6. The maximum Gasteiger partial charge on any atom is 0.0411 e. The molecule has 0 aromatic heterocycles. The predicted octanol–water partition coefficient (Wildman–Crippen LogP) is -2.83. The first-order valence-electron chi connectivity index (χ1n) is 4.20. The molecule has 0 aliphatic carbocycles. The minimum absolute atomic E-state index is 0.592. The number of nitrogens with two attached hydrogens (primary N) is 3. The number of hydrogen-bond donors (Lipinski definition) is 5. The average Bonchev–Trinajstić information content (AvgIpc) is 2.10. The van der Waals surface area contributed by atoms with E-state index in [4.69, 9.17) is 17.2 Å². The quantitative estimate of drug-likeness (QED) is 0.255. The Balaban J connectivity index is 3.40. The van der Waals surface area contributed by atoms with E-state index >= 15 is 0 Å². The van der Waals surface area contributed by atoms with Crippen LogP contribution in [0, 0.1) is 0 Å². The van der Waals surface area contributed by atoms with Crippen molar-refractivity contribution < 1.29 is 0 Å². The monoisotopic (exact) mass is 176 g/mol. The maximum absolute atomic E-state index is 5.39. The van der Waals surface area contributed by atoms with Gasteiger partial charge in [0.1, 0.15) is 0 Å². The molecule has 8 N–H and O–H groups in total. The average molecular weight is 176 g/mol. The van der Waals surface area contributed by atoms with Gasteiger partial charge in [0.2, 0.25) is 0 Å². The highest BCUT2D eigenvalue weighted by Crippen LogP contribution is 1.71. The Morgan fingerprint density at radius 2 is 1.33 bits per heavy atom. The zero-order chi connectivity index (χ0) is 9.23. The van der Waals surface area contributed by atoms with Gasteiger partial charge in [0, 0.05) is 39.3 Å². The molecular weight excluding hydrogens is 156 g/mol. The Labute approximate surface area is 73.4 Å². The molecule has 0 saturated heterocycles. The highest BCUT2D eigenvalue weighted by molar-refractivity contribution is 4.49. The van der Waals surface area contributed by atoms with Crippen molar-refractivity contribution in [3.63, 3.8) is 0 Å². The predicted molar refractivity (Wildman–Crippen MR) is 49.9 cm³/mol. The summed E-state index contributed by atoms with van der Waals surface area (Å²) in [6, 6.07) is 0. The van der Waals surface area contributed by atoms with Crippen molar-refractivity contribution in [1.29, 1.82) is 0 Å². The lowest BCUT2D eigenvalue weighted by Gasteiger charge is -2.22. The largest absolute Gasteiger partial charge is 0.329 e.